The molecule has 1 fully saturated rings. The van der Waals surface area contributed by atoms with Gasteiger partial charge in [0.05, 0.1) is 31.9 Å². The average molecular weight is 347 g/mol. The van der Waals surface area contributed by atoms with Gasteiger partial charge in [-0.1, -0.05) is 12.1 Å². The first kappa shape index (κ1) is 17.7. The summed E-state index contributed by atoms with van der Waals surface area (Å²) in [6, 6.07) is 7.56. The van der Waals surface area contributed by atoms with Crippen LogP contribution in [-0.4, -0.2) is 68.8 Å². The molecule has 7 heteroatoms. The Hall–Kier alpha value is -2.12. The number of benzene rings is 1. The van der Waals surface area contributed by atoms with Crippen LogP contribution in [0.4, 0.5) is 5.69 Å². The number of fused-ring (bicyclic) bond motifs is 1. The smallest absolute Gasteiger partial charge is 0.240 e. The van der Waals surface area contributed by atoms with E-state index in [2.05, 4.69) is 17.1 Å². The molecule has 0 radical (unpaired) electrons. The first-order valence-corrected chi connectivity index (χ1v) is 8.76. The van der Waals surface area contributed by atoms with E-state index in [1.807, 2.05) is 24.3 Å². The molecule has 3 rings (SSSR count). The van der Waals surface area contributed by atoms with Crippen LogP contribution in [0.15, 0.2) is 24.3 Å². The molecular formula is C18H25N3O4. The minimum absolute atomic E-state index is 0.00897. The molecule has 1 aromatic carbocycles. The van der Waals surface area contributed by atoms with Crippen molar-refractivity contribution in [2.75, 3.05) is 50.9 Å². The second-order valence-corrected chi connectivity index (χ2v) is 6.35. The number of nitrogens with zero attached hydrogens (tertiary/aromatic N) is 2. The van der Waals surface area contributed by atoms with E-state index in [1.54, 1.807) is 0 Å². The first-order chi connectivity index (χ1) is 12.1. The van der Waals surface area contributed by atoms with Crippen molar-refractivity contribution in [3.8, 4) is 5.75 Å². The summed E-state index contributed by atoms with van der Waals surface area (Å²) in [6.45, 7) is 6.22. The van der Waals surface area contributed by atoms with Gasteiger partial charge in [-0.2, -0.15) is 0 Å². The summed E-state index contributed by atoms with van der Waals surface area (Å²) >= 11 is 0. The summed E-state index contributed by atoms with van der Waals surface area (Å²) in [5.41, 5.74) is 0.654. The Morgan fingerprint density at radius 1 is 1.24 bits per heavy atom. The average Bonchev–Trinajstić information content (AvgIpc) is 2.80. The minimum Gasteiger partial charge on any atom is -0.491 e. The molecule has 1 N–H and O–H groups in total. The molecule has 0 saturated carbocycles. The number of ether oxygens (including phenoxy) is 2. The van der Waals surface area contributed by atoms with Gasteiger partial charge in [-0.25, -0.2) is 0 Å². The quantitative estimate of drug-likeness (QED) is 0.846. The van der Waals surface area contributed by atoms with Gasteiger partial charge in [-0.05, 0) is 19.1 Å². The lowest BCUT2D eigenvalue weighted by molar-refractivity contribution is -0.124. The van der Waals surface area contributed by atoms with Crippen molar-refractivity contribution in [2.45, 2.75) is 19.4 Å². The summed E-state index contributed by atoms with van der Waals surface area (Å²) in [5.74, 6) is 0.384. The van der Waals surface area contributed by atoms with Gasteiger partial charge in [-0.3, -0.25) is 19.4 Å². The molecule has 2 aliphatic heterocycles. The fourth-order valence-electron chi connectivity index (χ4n) is 3.10. The van der Waals surface area contributed by atoms with Crippen molar-refractivity contribution in [1.29, 1.82) is 0 Å². The zero-order valence-corrected chi connectivity index (χ0v) is 14.6. The molecule has 7 nitrogen and oxygen atoms in total. The SMILES string of the molecule is C[C@@H](CNC(=O)CN1C(=O)CCOc2ccccc21)N1CCOCC1. The molecule has 25 heavy (non-hydrogen) atoms. The molecule has 2 aliphatic rings. The van der Waals surface area contributed by atoms with Crippen LogP contribution in [0.2, 0.25) is 0 Å². The zero-order chi connectivity index (χ0) is 17.6. The predicted octanol–water partition coefficient (Wildman–Crippen LogP) is 0.639. The van der Waals surface area contributed by atoms with E-state index in [-0.39, 0.29) is 30.8 Å². The van der Waals surface area contributed by atoms with Crippen molar-refractivity contribution in [3.63, 3.8) is 0 Å². The van der Waals surface area contributed by atoms with Gasteiger partial charge < -0.3 is 14.8 Å². The van der Waals surface area contributed by atoms with Gasteiger partial charge in [-0.15, -0.1) is 0 Å². The summed E-state index contributed by atoms with van der Waals surface area (Å²) < 4.78 is 10.9. The molecule has 2 amide bonds. The highest BCUT2D eigenvalue weighted by atomic mass is 16.5. The number of para-hydroxylation sites is 2. The number of hydrogen-bond donors (Lipinski definition) is 1. The Morgan fingerprint density at radius 2 is 2.00 bits per heavy atom. The Balaban J connectivity index is 1.57. The third-order valence-corrected chi connectivity index (χ3v) is 4.60. The Bertz CT molecular complexity index is 616. The lowest BCUT2D eigenvalue weighted by atomic mass is 10.2. The number of amides is 2. The van der Waals surface area contributed by atoms with E-state index in [0.29, 0.717) is 24.6 Å². The van der Waals surface area contributed by atoms with Crippen LogP contribution in [-0.2, 0) is 14.3 Å². The highest BCUT2D eigenvalue weighted by molar-refractivity contribution is 6.00. The molecule has 0 aliphatic carbocycles. The molecule has 1 atom stereocenters. The fourth-order valence-corrected chi connectivity index (χ4v) is 3.10. The van der Waals surface area contributed by atoms with Crippen molar-refractivity contribution < 1.29 is 19.1 Å². The molecular weight excluding hydrogens is 322 g/mol. The van der Waals surface area contributed by atoms with Crippen molar-refractivity contribution in [3.05, 3.63) is 24.3 Å². The highest BCUT2D eigenvalue weighted by Gasteiger charge is 2.25. The zero-order valence-electron chi connectivity index (χ0n) is 14.6. The fraction of sp³-hybridized carbons (Fsp3) is 0.556. The number of carbonyl (C=O) groups is 2. The topological polar surface area (TPSA) is 71.1 Å². The Labute approximate surface area is 147 Å². The van der Waals surface area contributed by atoms with Crippen LogP contribution >= 0.6 is 0 Å². The molecule has 0 unspecified atom stereocenters. The third-order valence-electron chi connectivity index (χ3n) is 4.60. The summed E-state index contributed by atoms with van der Waals surface area (Å²) in [6.07, 6.45) is 0.270. The molecule has 0 aromatic heterocycles. The number of hydrogen-bond acceptors (Lipinski definition) is 5. The van der Waals surface area contributed by atoms with Gasteiger partial charge in [0.15, 0.2) is 0 Å². The van der Waals surface area contributed by atoms with E-state index in [1.165, 1.54) is 4.90 Å². The first-order valence-electron chi connectivity index (χ1n) is 8.76. The van der Waals surface area contributed by atoms with Gasteiger partial charge in [0.2, 0.25) is 11.8 Å². The largest absolute Gasteiger partial charge is 0.491 e. The highest BCUT2D eigenvalue weighted by Crippen LogP contribution is 2.30. The number of anilines is 1. The number of nitrogens with one attached hydrogen (secondary N) is 1. The van der Waals surface area contributed by atoms with E-state index in [0.717, 1.165) is 26.3 Å². The van der Waals surface area contributed by atoms with E-state index < -0.39 is 0 Å². The van der Waals surface area contributed by atoms with Crippen LogP contribution in [0.1, 0.15) is 13.3 Å². The second-order valence-electron chi connectivity index (χ2n) is 6.35. The van der Waals surface area contributed by atoms with Crippen molar-refractivity contribution in [2.24, 2.45) is 0 Å². The Morgan fingerprint density at radius 3 is 2.80 bits per heavy atom. The van der Waals surface area contributed by atoms with Crippen LogP contribution in [0.25, 0.3) is 0 Å². The predicted molar refractivity (Wildman–Crippen MR) is 93.8 cm³/mol. The molecule has 0 bridgehead atoms. The molecule has 1 aromatic rings. The van der Waals surface area contributed by atoms with Crippen LogP contribution in [0.3, 0.4) is 0 Å². The molecule has 1 saturated heterocycles. The van der Waals surface area contributed by atoms with E-state index in [9.17, 15) is 9.59 Å². The summed E-state index contributed by atoms with van der Waals surface area (Å²) in [4.78, 5) is 28.5. The van der Waals surface area contributed by atoms with Crippen molar-refractivity contribution in [1.82, 2.24) is 10.2 Å². The number of carbonyl (C=O) groups excluding carboxylic acids is 2. The van der Waals surface area contributed by atoms with Gasteiger partial charge in [0, 0.05) is 25.7 Å². The van der Waals surface area contributed by atoms with Crippen molar-refractivity contribution >= 4 is 17.5 Å². The molecule has 2 heterocycles. The van der Waals surface area contributed by atoms with Gasteiger partial charge in [0.25, 0.3) is 0 Å². The third kappa shape index (κ3) is 4.49. The van der Waals surface area contributed by atoms with E-state index >= 15 is 0 Å². The minimum atomic E-state index is -0.162. The normalized spacial score (nSPS) is 19.6. The van der Waals surface area contributed by atoms with Crippen LogP contribution < -0.4 is 15.0 Å². The number of morpholine rings is 1. The van der Waals surface area contributed by atoms with Crippen LogP contribution in [0, 0.1) is 0 Å². The summed E-state index contributed by atoms with van der Waals surface area (Å²) in [7, 11) is 0. The molecule has 0 spiro atoms. The Kier molecular flexibility index (Phi) is 5.88. The van der Waals surface area contributed by atoms with E-state index in [4.69, 9.17) is 9.47 Å². The van der Waals surface area contributed by atoms with Gasteiger partial charge >= 0.3 is 0 Å². The maximum atomic E-state index is 12.4. The lowest BCUT2D eigenvalue weighted by Gasteiger charge is -2.32. The molecule has 136 valence electrons. The maximum absolute atomic E-state index is 12.4. The summed E-state index contributed by atoms with van der Waals surface area (Å²) in [5, 5.41) is 2.94. The van der Waals surface area contributed by atoms with Crippen LogP contribution in [0.5, 0.6) is 5.75 Å². The second kappa shape index (κ2) is 8.31. The standard InChI is InChI=1S/C18H25N3O4/c1-14(20-7-10-24-11-8-20)12-19-17(22)13-21-15-4-2-3-5-16(15)25-9-6-18(21)23/h2-5,14H,6-13H2,1H3,(H,19,22)/t14-/m0/s1. The van der Waals surface area contributed by atoms with Gasteiger partial charge in [0.1, 0.15) is 12.3 Å². The lowest BCUT2D eigenvalue weighted by Crippen LogP contribution is -2.49. The maximum Gasteiger partial charge on any atom is 0.240 e. The number of rotatable bonds is 5. The monoisotopic (exact) mass is 347 g/mol.